The molecule has 1 amide bonds. The molecule has 0 unspecified atom stereocenters. The Bertz CT molecular complexity index is 838. The number of amides is 1. The van der Waals surface area contributed by atoms with E-state index in [1.807, 2.05) is 32.9 Å². The molecule has 0 saturated heterocycles. The molecule has 0 aliphatic heterocycles. The Balaban J connectivity index is 1.76. The van der Waals surface area contributed by atoms with Crippen LogP contribution in [0.2, 0.25) is 0 Å². The van der Waals surface area contributed by atoms with Crippen molar-refractivity contribution in [2.45, 2.75) is 59.1 Å². The lowest BCUT2D eigenvalue weighted by atomic mass is 10.1. The van der Waals surface area contributed by atoms with Crippen molar-refractivity contribution in [3.63, 3.8) is 0 Å². The van der Waals surface area contributed by atoms with E-state index in [2.05, 4.69) is 10.3 Å². The number of benzene rings is 1. The molecule has 3 rings (SSSR count). The summed E-state index contributed by atoms with van der Waals surface area (Å²) in [5, 5.41) is 2.96. The van der Waals surface area contributed by atoms with E-state index < -0.39 is 0 Å². The molecule has 7 nitrogen and oxygen atoms in total. The average Bonchev–Trinajstić information content (AvgIpc) is 3.28. The Morgan fingerprint density at radius 3 is 2.29 bits per heavy atom. The largest absolute Gasteiger partial charge is 0.490 e. The Morgan fingerprint density at radius 2 is 1.68 bits per heavy atom. The number of nitrogens with zero attached hydrogens (tertiary/aromatic N) is 1. The van der Waals surface area contributed by atoms with Gasteiger partial charge >= 0.3 is 0 Å². The van der Waals surface area contributed by atoms with Gasteiger partial charge in [-0.05, 0) is 64.7 Å². The van der Waals surface area contributed by atoms with E-state index in [0.29, 0.717) is 55.1 Å². The summed E-state index contributed by atoms with van der Waals surface area (Å²) in [5.74, 6) is 1.86. The van der Waals surface area contributed by atoms with Gasteiger partial charge in [-0.25, -0.2) is 4.98 Å². The summed E-state index contributed by atoms with van der Waals surface area (Å²) in [4.78, 5) is 17.3. The van der Waals surface area contributed by atoms with Crippen LogP contribution in [-0.4, -0.2) is 36.8 Å². The molecule has 0 bridgehead atoms. The average molecular weight is 429 g/mol. The third-order valence-corrected chi connectivity index (χ3v) is 5.04. The molecule has 1 saturated carbocycles. The van der Waals surface area contributed by atoms with Crippen LogP contribution in [0.25, 0.3) is 0 Å². The standard InChI is InChI=1S/C24H32N2O5/c1-4-28-20-14-18(15-21(29-5-2)22(20)30-6-3)23(27)26-16-17-10-9-13-25-24(17)31-19-11-7-8-12-19/h9-10,13-15,19H,4-8,11-12,16H2,1-3H3,(H,26,27). The molecule has 2 aromatic rings. The van der Waals surface area contributed by atoms with Crippen LogP contribution in [0, 0.1) is 0 Å². The highest BCUT2D eigenvalue weighted by Crippen LogP contribution is 2.39. The van der Waals surface area contributed by atoms with E-state index in [0.717, 1.165) is 18.4 Å². The third kappa shape index (κ3) is 6.03. The fourth-order valence-electron chi connectivity index (χ4n) is 3.63. The first-order valence-electron chi connectivity index (χ1n) is 11.1. The molecular formula is C24H32N2O5. The van der Waals surface area contributed by atoms with Crippen molar-refractivity contribution in [3.8, 4) is 23.1 Å². The molecule has 1 N–H and O–H groups in total. The number of aromatic nitrogens is 1. The van der Waals surface area contributed by atoms with E-state index in [1.54, 1.807) is 18.3 Å². The van der Waals surface area contributed by atoms with Crippen molar-refractivity contribution < 1.29 is 23.7 Å². The molecule has 0 radical (unpaired) electrons. The lowest BCUT2D eigenvalue weighted by molar-refractivity contribution is 0.0949. The van der Waals surface area contributed by atoms with Gasteiger partial charge in [-0.2, -0.15) is 0 Å². The Labute approximate surface area is 184 Å². The second-order valence-corrected chi connectivity index (χ2v) is 7.28. The molecule has 1 fully saturated rings. The minimum absolute atomic E-state index is 0.206. The summed E-state index contributed by atoms with van der Waals surface area (Å²) in [6.45, 7) is 7.36. The number of carbonyl (C=O) groups excluding carboxylic acids is 1. The number of pyridine rings is 1. The predicted molar refractivity (Wildman–Crippen MR) is 118 cm³/mol. The second kappa shape index (κ2) is 11.4. The number of hydrogen-bond acceptors (Lipinski definition) is 6. The summed E-state index contributed by atoms with van der Waals surface area (Å²) in [7, 11) is 0. The lowest BCUT2D eigenvalue weighted by Crippen LogP contribution is -2.24. The fraction of sp³-hybridized carbons (Fsp3) is 0.500. The number of carbonyl (C=O) groups is 1. The highest BCUT2D eigenvalue weighted by Gasteiger charge is 2.20. The van der Waals surface area contributed by atoms with E-state index >= 15 is 0 Å². The van der Waals surface area contributed by atoms with Crippen molar-refractivity contribution >= 4 is 5.91 Å². The molecular weight excluding hydrogens is 396 g/mol. The van der Waals surface area contributed by atoms with Crippen molar-refractivity contribution in [2.75, 3.05) is 19.8 Å². The molecule has 1 heterocycles. The maximum atomic E-state index is 12.9. The van der Waals surface area contributed by atoms with Crippen molar-refractivity contribution in [2.24, 2.45) is 0 Å². The van der Waals surface area contributed by atoms with E-state index in [1.165, 1.54) is 12.8 Å². The zero-order valence-electron chi connectivity index (χ0n) is 18.6. The fourth-order valence-corrected chi connectivity index (χ4v) is 3.63. The van der Waals surface area contributed by atoms with Crippen LogP contribution in [0.4, 0.5) is 0 Å². The first kappa shape index (κ1) is 22.7. The highest BCUT2D eigenvalue weighted by atomic mass is 16.5. The quantitative estimate of drug-likeness (QED) is 0.567. The molecule has 1 aromatic heterocycles. The Morgan fingerprint density at radius 1 is 1.03 bits per heavy atom. The van der Waals surface area contributed by atoms with Gasteiger partial charge in [0.25, 0.3) is 5.91 Å². The van der Waals surface area contributed by atoms with Crippen LogP contribution in [0.15, 0.2) is 30.5 Å². The van der Waals surface area contributed by atoms with Crippen LogP contribution in [0.1, 0.15) is 62.4 Å². The Hall–Kier alpha value is -2.96. The molecule has 1 aromatic carbocycles. The molecule has 31 heavy (non-hydrogen) atoms. The second-order valence-electron chi connectivity index (χ2n) is 7.28. The number of hydrogen-bond donors (Lipinski definition) is 1. The van der Waals surface area contributed by atoms with Gasteiger partial charge in [0.1, 0.15) is 6.10 Å². The minimum atomic E-state index is -0.236. The summed E-state index contributed by atoms with van der Waals surface area (Å²) in [5.41, 5.74) is 1.29. The molecule has 7 heteroatoms. The molecule has 0 spiro atoms. The van der Waals surface area contributed by atoms with Gasteiger partial charge in [0, 0.05) is 23.9 Å². The highest BCUT2D eigenvalue weighted by molar-refractivity contribution is 5.95. The van der Waals surface area contributed by atoms with Gasteiger partial charge in [0.05, 0.1) is 19.8 Å². The molecule has 168 valence electrons. The van der Waals surface area contributed by atoms with Gasteiger partial charge in [-0.1, -0.05) is 6.07 Å². The summed E-state index contributed by atoms with van der Waals surface area (Å²) in [6, 6.07) is 7.14. The normalized spacial score (nSPS) is 13.6. The van der Waals surface area contributed by atoms with Gasteiger partial charge in [-0.3, -0.25) is 4.79 Å². The topological polar surface area (TPSA) is 78.9 Å². The number of ether oxygens (including phenoxy) is 4. The van der Waals surface area contributed by atoms with Crippen molar-refractivity contribution in [1.29, 1.82) is 0 Å². The van der Waals surface area contributed by atoms with Crippen LogP contribution < -0.4 is 24.3 Å². The molecule has 1 aliphatic rings. The number of nitrogens with one attached hydrogen (secondary N) is 1. The maximum absolute atomic E-state index is 12.9. The molecule has 0 atom stereocenters. The third-order valence-electron chi connectivity index (χ3n) is 5.04. The summed E-state index contributed by atoms with van der Waals surface area (Å²) in [6.07, 6.45) is 6.39. The van der Waals surface area contributed by atoms with Crippen molar-refractivity contribution in [3.05, 3.63) is 41.6 Å². The molecule has 1 aliphatic carbocycles. The SMILES string of the molecule is CCOc1cc(C(=O)NCc2cccnc2OC2CCCC2)cc(OCC)c1OCC. The van der Waals surface area contributed by atoms with Gasteiger partial charge in [0.15, 0.2) is 11.5 Å². The van der Waals surface area contributed by atoms with Crippen LogP contribution in [0.5, 0.6) is 23.1 Å². The first-order valence-corrected chi connectivity index (χ1v) is 11.1. The van der Waals surface area contributed by atoms with Gasteiger partial charge in [-0.15, -0.1) is 0 Å². The zero-order chi connectivity index (χ0) is 22.1. The van der Waals surface area contributed by atoms with Crippen LogP contribution >= 0.6 is 0 Å². The summed E-state index contributed by atoms with van der Waals surface area (Å²) < 4.78 is 23.2. The monoisotopic (exact) mass is 428 g/mol. The van der Waals surface area contributed by atoms with E-state index in [9.17, 15) is 4.79 Å². The van der Waals surface area contributed by atoms with E-state index in [-0.39, 0.29) is 12.0 Å². The number of rotatable bonds is 11. The van der Waals surface area contributed by atoms with Crippen LogP contribution in [0.3, 0.4) is 0 Å². The maximum Gasteiger partial charge on any atom is 0.251 e. The minimum Gasteiger partial charge on any atom is -0.490 e. The summed E-state index contributed by atoms with van der Waals surface area (Å²) >= 11 is 0. The van der Waals surface area contributed by atoms with Crippen molar-refractivity contribution in [1.82, 2.24) is 10.3 Å². The Kier molecular flexibility index (Phi) is 8.38. The smallest absolute Gasteiger partial charge is 0.251 e. The first-order chi connectivity index (χ1) is 15.2. The lowest BCUT2D eigenvalue weighted by Gasteiger charge is -2.17. The van der Waals surface area contributed by atoms with Crippen LogP contribution in [-0.2, 0) is 6.54 Å². The zero-order valence-corrected chi connectivity index (χ0v) is 18.6. The van der Waals surface area contributed by atoms with Gasteiger partial charge in [0.2, 0.25) is 11.6 Å². The van der Waals surface area contributed by atoms with Gasteiger partial charge < -0.3 is 24.3 Å². The predicted octanol–water partition coefficient (Wildman–Crippen LogP) is 4.53. The van der Waals surface area contributed by atoms with E-state index in [4.69, 9.17) is 18.9 Å².